The van der Waals surface area contributed by atoms with Gasteiger partial charge in [0, 0.05) is 68.2 Å². The summed E-state index contributed by atoms with van der Waals surface area (Å²) in [4.78, 5) is 21.2. The number of nitrogens with zero attached hydrogens (tertiary/aromatic N) is 4. The number of carbonyl (C=O) groups excluding carboxylic acids is 1. The van der Waals surface area contributed by atoms with E-state index in [-0.39, 0.29) is 11.9 Å². The van der Waals surface area contributed by atoms with E-state index in [2.05, 4.69) is 20.4 Å². The number of carbonyl (C=O) groups is 1. The highest BCUT2D eigenvalue weighted by Gasteiger charge is 2.18. The van der Waals surface area contributed by atoms with Gasteiger partial charge in [0.15, 0.2) is 0 Å². The van der Waals surface area contributed by atoms with Crippen molar-refractivity contribution < 1.29 is 9.53 Å². The van der Waals surface area contributed by atoms with E-state index in [9.17, 15) is 4.79 Å². The van der Waals surface area contributed by atoms with Gasteiger partial charge in [0.25, 0.3) is 0 Å². The van der Waals surface area contributed by atoms with E-state index in [1.165, 1.54) is 0 Å². The number of rotatable bonds is 5. The van der Waals surface area contributed by atoms with Gasteiger partial charge in [-0.2, -0.15) is 5.10 Å². The quantitative estimate of drug-likeness (QED) is 0.751. The molecule has 0 radical (unpaired) electrons. The van der Waals surface area contributed by atoms with E-state index in [1.807, 2.05) is 25.4 Å². The number of Topliss-reactive ketones (excluding diaryl/α,β-unsaturated/α-hetero) is 1. The third-order valence-electron chi connectivity index (χ3n) is 4.50. The molecule has 7 heteroatoms. The highest BCUT2D eigenvalue weighted by atomic mass is 16.5. The molecule has 26 heavy (non-hydrogen) atoms. The molecule has 0 spiro atoms. The maximum atomic E-state index is 12.3. The third-order valence-corrected chi connectivity index (χ3v) is 4.50. The van der Waals surface area contributed by atoms with Crippen LogP contribution in [0.2, 0.25) is 0 Å². The van der Waals surface area contributed by atoms with Crippen LogP contribution in [0.25, 0.3) is 22.0 Å². The Labute approximate surface area is 151 Å². The number of ketones is 1. The zero-order valence-corrected chi connectivity index (χ0v) is 14.7. The van der Waals surface area contributed by atoms with Crippen molar-refractivity contribution in [1.29, 1.82) is 0 Å². The molecule has 3 aromatic rings. The van der Waals surface area contributed by atoms with Crippen LogP contribution in [0.5, 0.6) is 0 Å². The van der Waals surface area contributed by atoms with Crippen molar-refractivity contribution in [2.24, 2.45) is 7.05 Å². The fourth-order valence-corrected chi connectivity index (χ4v) is 3.17. The molecule has 7 nitrogen and oxygen atoms in total. The normalized spacial score (nSPS) is 17.5. The van der Waals surface area contributed by atoms with Crippen molar-refractivity contribution in [2.75, 3.05) is 19.7 Å². The third kappa shape index (κ3) is 3.79. The molecule has 1 aliphatic rings. The first-order chi connectivity index (χ1) is 12.7. The highest BCUT2D eigenvalue weighted by molar-refractivity contribution is 5.86. The van der Waals surface area contributed by atoms with E-state index >= 15 is 0 Å². The van der Waals surface area contributed by atoms with Crippen molar-refractivity contribution in [3.05, 3.63) is 42.6 Å². The van der Waals surface area contributed by atoms with Crippen LogP contribution >= 0.6 is 0 Å². The molecule has 0 aliphatic carbocycles. The van der Waals surface area contributed by atoms with Gasteiger partial charge >= 0.3 is 0 Å². The molecule has 0 bridgehead atoms. The largest absolute Gasteiger partial charge is 0.375 e. The maximum absolute atomic E-state index is 12.3. The van der Waals surface area contributed by atoms with Crippen LogP contribution in [0.4, 0.5) is 0 Å². The van der Waals surface area contributed by atoms with Crippen LogP contribution in [0.1, 0.15) is 12.1 Å². The van der Waals surface area contributed by atoms with Crippen LogP contribution in [-0.4, -0.2) is 51.3 Å². The maximum Gasteiger partial charge on any atom is 0.141 e. The number of aromatic nitrogens is 4. The summed E-state index contributed by atoms with van der Waals surface area (Å²) in [5.41, 5.74) is 2.59. The predicted octanol–water partition coefficient (Wildman–Crippen LogP) is 1.52. The van der Waals surface area contributed by atoms with Crippen molar-refractivity contribution in [2.45, 2.75) is 18.9 Å². The Morgan fingerprint density at radius 3 is 2.92 bits per heavy atom. The van der Waals surface area contributed by atoms with Gasteiger partial charge < -0.3 is 10.1 Å². The smallest absolute Gasteiger partial charge is 0.141 e. The highest BCUT2D eigenvalue weighted by Crippen LogP contribution is 2.22. The number of hydrogen-bond donors (Lipinski definition) is 1. The topological polar surface area (TPSA) is 81.9 Å². The van der Waals surface area contributed by atoms with Crippen molar-refractivity contribution in [3.8, 4) is 11.3 Å². The SMILES string of the molecule is Cn1cc(-c2cc3cc(CC(=O)CC4CNCCO4)ncc3cn2)cn1. The average molecular weight is 351 g/mol. The summed E-state index contributed by atoms with van der Waals surface area (Å²) in [6.45, 7) is 2.25. The number of fused-ring (bicyclic) bond motifs is 1. The van der Waals surface area contributed by atoms with Gasteiger partial charge in [-0.05, 0) is 17.5 Å². The van der Waals surface area contributed by atoms with Gasteiger partial charge in [0.2, 0.25) is 0 Å². The number of hydrogen-bond acceptors (Lipinski definition) is 6. The molecular formula is C19H21N5O2. The van der Waals surface area contributed by atoms with E-state index in [4.69, 9.17) is 4.74 Å². The molecule has 1 N–H and O–H groups in total. The second-order valence-electron chi connectivity index (χ2n) is 6.61. The first kappa shape index (κ1) is 16.8. The van der Waals surface area contributed by atoms with Gasteiger partial charge in [-0.3, -0.25) is 19.4 Å². The molecule has 0 saturated carbocycles. The summed E-state index contributed by atoms with van der Waals surface area (Å²) >= 11 is 0. The number of nitrogens with one attached hydrogen (secondary N) is 1. The molecule has 0 aromatic carbocycles. The van der Waals surface area contributed by atoms with Crippen molar-refractivity contribution >= 4 is 16.6 Å². The fourth-order valence-electron chi connectivity index (χ4n) is 3.17. The summed E-state index contributed by atoms with van der Waals surface area (Å²) in [6.07, 6.45) is 8.01. The Bertz CT molecular complexity index is 931. The molecule has 1 saturated heterocycles. The van der Waals surface area contributed by atoms with E-state index in [1.54, 1.807) is 23.3 Å². The molecule has 1 aliphatic heterocycles. The van der Waals surface area contributed by atoms with Crippen LogP contribution in [0, 0.1) is 0 Å². The fraction of sp³-hybridized carbons (Fsp3) is 0.368. The molecule has 1 atom stereocenters. The molecule has 4 heterocycles. The Hall–Kier alpha value is -2.64. The predicted molar refractivity (Wildman–Crippen MR) is 97.7 cm³/mol. The standard InChI is InChI=1S/C19H21N5O2/c1-24-12-15(10-23-24)19-5-13-4-16(21-8-14(13)9-22-19)6-17(25)7-18-11-20-2-3-26-18/h4-5,8-10,12,18,20H,2-3,6-7,11H2,1H3. The van der Waals surface area contributed by atoms with E-state index in [0.717, 1.165) is 40.8 Å². The van der Waals surface area contributed by atoms with Gasteiger partial charge in [-0.15, -0.1) is 0 Å². The van der Waals surface area contributed by atoms with E-state index in [0.29, 0.717) is 19.4 Å². The summed E-state index contributed by atoms with van der Waals surface area (Å²) in [5.74, 6) is 0.145. The molecule has 0 amide bonds. The molecule has 134 valence electrons. The van der Waals surface area contributed by atoms with Crippen LogP contribution in [0.3, 0.4) is 0 Å². The Morgan fingerprint density at radius 2 is 2.15 bits per heavy atom. The lowest BCUT2D eigenvalue weighted by Crippen LogP contribution is -2.39. The minimum Gasteiger partial charge on any atom is -0.375 e. The van der Waals surface area contributed by atoms with Crippen LogP contribution < -0.4 is 5.32 Å². The van der Waals surface area contributed by atoms with Gasteiger partial charge in [0.1, 0.15) is 5.78 Å². The summed E-state index contributed by atoms with van der Waals surface area (Å²) in [7, 11) is 1.88. The monoisotopic (exact) mass is 351 g/mol. The number of morpholine rings is 1. The van der Waals surface area contributed by atoms with Crippen molar-refractivity contribution in [1.82, 2.24) is 25.1 Å². The summed E-state index contributed by atoms with van der Waals surface area (Å²) < 4.78 is 7.35. The molecule has 1 fully saturated rings. The number of aryl methyl sites for hydroxylation is 1. The first-order valence-electron chi connectivity index (χ1n) is 8.75. The second-order valence-corrected chi connectivity index (χ2v) is 6.61. The average Bonchev–Trinajstić information content (AvgIpc) is 3.08. The number of pyridine rings is 2. The minimum atomic E-state index is -0.0295. The Morgan fingerprint density at radius 1 is 1.27 bits per heavy atom. The lowest BCUT2D eigenvalue weighted by atomic mass is 10.1. The first-order valence-corrected chi connectivity index (χ1v) is 8.75. The van der Waals surface area contributed by atoms with E-state index < -0.39 is 0 Å². The Balaban J connectivity index is 1.51. The summed E-state index contributed by atoms with van der Waals surface area (Å²) in [5, 5.41) is 9.41. The summed E-state index contributed by atoms with van der Waals surface area (Å²) in [6, 6.07) is 3.98. The minimum absolute atomic E-state index is 0.0295. The van der Waals surface area contributed by atoms with Crippen LogP contribution in [-0.2, 0) is 23.0 Å². The second kappa shape index (κ2) is 7.31. The number of ether oxygens (including phenoxy) is 1. The molecule has 4 rings (SSSR count). The molecule has 1 unspecified atom stereocenters. The van der Waals surface area contributed by atoms with Crippen molar-refractivity contribution in [3.63, 3.8) is 0 Å². The Kier molecular flexibility index (Phi) is 4.73. The molecular weight excluding hydrogens is 330 g/mol. The van der Waals surface area contributed by atoms with Gasteiger partial charge in [-0.25, -0.2) is 0 Å². The molecule has 3 aromatic heterocycles. The zero-order valence-electron chi connectivity index (χ0n) is 14.7. The van der Waals surface area contributed by atoms with Gasteiger partial charge in [-0.1, -0.05) is 0 Å². The zero-order chi connectivity index (χ0) is 17.9. The lowest BCUT2D eigenvalue weighted by Gasteiger charge is -2.22. The lowest BCUT2D eigenvalue weighted by molar-refractivity contribution is -0.121. The van der Waals surface area contributed by atoms with Crippen LogP contribution in [0.15, 0.2) is 36.9 Å². The van der Waals surface area contributed by atoms with Gasteiger partial charge in [0.05, 0.1) is 24.6 Å².